The molecule has 1 atom stereocenters. The normalized spacial score (nSPS) is 21.9. The Morgan fingerprint density at radius 1 is 1.17 bits per heavy atom. The SMILES string of the molecule is CC(C)(C)c1c(NC(=O)c2cnn3ccc(N4CCC[C@H](C(=O)O)C4)nc23)c(C(F)F)nn1C1CCC(CO)CC1. The molecule has 13 heteroatoms. The molecule has 3 aromatic heterocycles. The van der Waals surface area contributed by atoms with Crippen LogP contribution in [0.3, 0.4) is 0 Å². The molecule has 1 amide bonds. The molecule has 3 N–H and O–H groups in total. The maximum Gasteiger partial charge on any atom is 0.308 e. The van der Waals surface area contributed by atoms with Crippen molar-refractivity contribution in [3.8, 4) is 0 Å². The number of nitrogens with one attached hydrogen (secondary N) is 1. The average molecular weight is 574 g/mol. The van der Waals surface area contributed by atoms with Crippen molar-refractivity contribution in [2.45, 2.75) is 77.2 Å². The molecule has 4 heterocycles. The van der Waals surface area contributed by atoms with E-state index in [2.05, 4.69) is 20.5 Å². The second kappa shape index (κ2) is 11.3. The highest BCUT2D eigenvalue weighted by Gasteiger charge is 2.36. The van der Waals surface area contributed by atoms with E-state index in [-0.39, 0.29) is 35.5 Å². The van der Waals surface area contributed by atoms with Crippen LogP contribution in [0, 0.1) is 11.8 Å². The molecule has 0 radical (unpaired) electrons. The van der Waals surface area contributed by atoms with Crippen LogP contribution >= 0.6 is 0 Å². The number of nitrogens with zero attached hydrogens (tertiary/aromatic N) is 6. The topological polar surface area (TPSA) is 138 Å². The van der Waals surface area contributed by atoms with Crippen molar-refractivity contribution in [1.29, 1.82) is 0 Å². The third kappa shape index (κ3) is 5.77. The van der Waals surface area contributed by atoms with Crippen molar-refractivity contribution >= 4 is 29.0 Å². The largest absolute Gasteiger partial charge is 0.481 e. The molecule has 2 aliphatic rings. The number of rotatable bonds is 7. The fourth-order valence-corrected chi connectivity index (χ4v) is 6.05. The third-order valence-electron chi connectivity index (χ3n) is 8.21. The van der Waals surface area contributed by atoms with Gasteiger partial charge in [-0.2, -0.15) is 10.2 Å². The summed E-state index contributed by atoms with van der Waals surface area (Å²) in [6.45, 7) is 6.74. The molecule has 3 aromatic rings. The number of aromatic nitrogens is 5. The lowest BCUT2D eigenvalue weighted by Crippen LogP contribution is -2.39. The molecule has 41 heavy (non-hydrogen) atoms. The molecule has 5 rings (SSSR count). The van der Waals surface area contributed by atoms with Gasteiger partial charge in [-0.05, 0) is 50.5 Å². The van der Waals surface area contributed by atoms with Crippen molar-refractivity contribution in [1.82, 2.24) is 24.4 Å². The Bertz CT molecular complexity index is 1420. The Morgan fingerprint density at radius 3 is 2.54 bits per heavy atom. The maximum atomic E-state index is 14.3. The first-order valence-electron chi connectivity index (χ1n) is 14.1. The zero-order valence-corrected chi connectivity index (χ0v) is 23.6. The summed E-state index contributed by atoms with van der Waals surface area (Å²) < 4.78 is 31.8. The molecular weight excluding hydrogens is 536 g/mol. The predicted octanol–water partition coefficient (Wildman–Crippen LogP) is 4.44. The Kier molecular flexibility index (Phi) is 8.00. The summed E-state index contributed by atoms with van der Waals surface area (Å²) in [5, 5.41) is 30.3. The molecule has 1 saturated heterocycles. The van der Waals surface area contributed by atoms with Gasteiger partial charge in [-0.25, -0.2) is 18.3 Å². The zero-order valence-electron chi connectivity index (χ0n) is 23.6. The van der Waals surface area contributed by atoms with Gasteiger partial charge >= 0.3 is 5.97 Å². The number of aliphatic hydroxyl groups is 1. The number of carboxylic acid groups (broad SMARTS) is 1. The lowest BCUT2D eigenvalue weighted by Gasteiger charge is -2.31. The molecule has 1 saturated carbocycles. The van der Waals surface area contributed by atoms with E-state index in [1.807, 2.05) is 25.7 Å². The van der Waals surface area contributed by atoms with Gasteiger partial charge in [-0.15, -0.1) is 0 Å². The van der Waals surface area contributed by atoms with Gasteiger partial charge in [0.15, 0.2) is 11.3 Å². The van der Waals surface area contributed by atoms with E-state index < -0.39 is 35.3 Å². The van der Waals surface area contributed by atoms with Crippen LogP contribution in [0.15, 0.2) is 18.5 Å². The molecule has 0 bridgehead atoms. The van der Waals surface area contributed by atoms with E-state index in [4.69, 9.17) is 0 Å². The minimum atomic E-state index is -2.91. The van der Waals surface area contributed by atoms with Crippen LogP contribution in [0.5, 0.6) is 0 Å². The summed E-state index contributed by atoms with van der Waals surface area (Å²) in [6.07, 6.45) is 4.33. The van der Waals surface area contributed by atoms with Crippen LogP contribution in [0.4, 0.5) is 20.3 Å². The number of aliphatic carboxylic acids is 1. The van der Waals surface area contributed by atoms with Crippen molar-refractivity contribution in [2.24, 2.45) is 11.8 Å². The number of carboxylic acids is 1. The summed E-state index contributed by atoms with van der Waals surface area (Å²) in [7, 11) is 0. The molecule has 11 nitrogen and oxygen atoms in total. The number of carbonyl (C=O) groups is 2. The Labute approximate surface area is 236 Å². The number of piperidine rings is 1. The van der Waals surface area contributed by atoms with Crippen molar-refractivity contribution in [3.05, 3.63) is 35.4 Å². The third-order valence-corrected chi connectivity index (χ3v) is 8.21. The lowest BCUT2D eigenvalue weighted by molar-refractivity contribution is -0.141. The molecule has 222 valence electrons. The Morgan fingerprint density at radius 2 is 1.90 bits per heavy atom. The fourth-order valence-electron chi connectivity index (χ4n) is 6.05. The highest BCUT2D eigenvalue weighted by Crippen LogP contribution is 2.42. The average Bonchev–Trinajstić information content (AvgIpc) is 3.55. The molecular formula is C28H37F2N7O4. The van der Waals surface area contributed by atoms with Gasteiger partial charge in [-0.3, -0.25) is 14.3 Å². The number of carbonyl (C=O) groups excluding carboxylic acids is 1. The van der Waals surface area contributed by atoms with Crippen molar-refractivity contribution in [2.75, 3.05) is 29.9 Å². The first kappa shape index (κ1) is 28.9. The van der Waals surface area contributed by atoms with Crippen LogP contribution in [-0.4, -0.2) is 66.2 Å². The summed E-state index contributed by atoms with van der Waals surface area (Å²) in [4.78, 5) is 31.7. The van der Waals surface area contributed by atoms with Gasteiger partial charge in [0, 0.05) is 31.3 Å². The quantitative estimate of drug-likeness (QED) is 0.377. The van der Waals surface area contributed by atoms with Crippen LogP contribution in [0.25, 0.3) is 5.65 Å². The van der Waals surface area contributed by atoms with E-state index in [9.17, 15) is 28.6 Å². The second-order valence-corrected chi connectivity index (χ2v) is 12.2. The highest BCUT2D eigenvalue weighted by molar-refractivity contribution is 6.08. The van der Waals surface area contributed by atoms with E-state index >= 15 is 0 Å². The smallest absolute Gasteiger partial charge is 0.308 e. The minimum Gasteiger partial charge on any atom is -0.481 e. The number of amides is 1. The van der Waals surface area contributed by atoms with Gasteiger partial charge in [0.25, 0.3) is 12.3 Å². The Hall–Kier alpha value is -3.61. The molecule has 1 aliphatic heterocycles. The number of alkyl halides is 2. The van der Waals surface area contributed by atoms with Gasteiger partial charge in [0.1, 0.15) is 11.4 Å². The summed E-state index contributed by atoms with van der Waals surface area (Å²) >= 11 is 0. The first-order valence-corrected chi connectivity index (χ1v) is 14.1. The molecule has 0 aromatic carbocycles. The second-order valence-electron chi connectivity index (χ2n) is 12.2. The summed E-state index contributed by atoms with van der Waals surface area (Å²) in [6, 6.07) is 1.60. The number of hydrogen-bond acceptors (Lipinski definition) is 7. The van der Waals surface area contributed by atoms with Crippen LogP contribution in [-0.2, 0) is 10.2 Å². The van der Waals surface area contributed by atoms with E-state index in [1.54, 1.807) is 16.9 Å². The Balaban J connectivity index is 1.48. The number of halogens is 2. The van der Waals surface area contributed by atoms with Crippen LogP contribution in [0.1, 0.15) is 93.5 Å². The molecule has 1 aliphatic carbocycles. The molecule has 0 unspecified atom stereocenters. The fraction of sp³-hybridized carbons (Fsp3) is 0.607. The van der Waals surface area contributed by atoms with Gasteiger partial charge in [-0.1, -0.05) is 20.8 Å². The maximum absolute atomic E-state index is 14.3. The van der Waals surface area contributed by atoms with Crippen molar-refractivity contribution < 1.29 is 28.6 Å². The van der Waals surface area contributed by atoms with E-state index in [0.29, 0.717) is 50.3 Å². The summed E-state index contributed by atoms with van der Waals surface area (Å²) in [5.41, 5.74) is -0.231. The lowest BCUT2D eigenvalue weighted by atomic mass is 9.85. The highest BCUT2D eigenvalue weighted by atomic mass is 19.3. The number of aliphatic hydroxyl groups excluding tert-OH is 1. The minimum absolute atomic E-state index is 0.00221. The first-order chi connectivity index (χ1) is 19.5. The number of hydrogen-bond donors (Lipinski definition) is 3. The van der Waals surface area contributed by atoms with Gasteiger partial charge in [0.2, 0.25) is 0 Å². The number of fused-ring (bicyclic) bond motifs is 1. The standard InChI is InChI=1S/C28H37F2N7O4/c1-28(2,3)23-21(22(24(29)30)34-37(23)18-8-6-16(15-38)7-9-18)33-26(39)19-13-31-36-12-10-20(32-25(19)36)35-11-4-5-17(14-35)27(40)41/h10,12-13,16-18,24,38H,4-9,11,14-15H2,1-3H3,(H,33,39)(H,40,41)/t16?,17-,18?/m0/s1. The van der Waals surface area contributed by atoms with Crippen molar-refractivity contribution in [3.63, 3.8) is 0 Å². The van der Waals surface area contributed by atoms with Gasteiger partial charge < -0.3 is 20.4 Å². The van der Waals surface area contributed by atoms with Crippen LogP contribution in [0.2, 0.25) is 0 Å². The van der Waals surface area contributed by atoms with E-state index in [1.165, 1.54) is 10.7 Å². The predicted molar refractivity (Wildman–Crippen MR) is 147 cm³/mol. The monoisotopic (exact) mass is 573 g/mol. The van der Waals surface area contributed by atoms with E-state index in [0.717, 1.165) is 12.8 Å². The van der Waals surface area contributed by atoms with Gasteiger partial charge in [0.05, 0.1) is 29.5 Å². The number of anilines is 2. The summed E-state index contributed by atoms with van der Waals surface area (Å²) in [5.74, 6) is -1.28. The van der Waals surface area contributed by atoms with Crippen LogP contribution < -0.4 is 10.2 Å². The zero-order chi connectivity index (χ0) is 29.5. The molecule has 0 spiro atoms. The molecule has 2 fully saturated rings.